The Bertz CT molecular complexity index is 764. The van der Waals surface area contributed by atoms with Crippen molar-refractivity contribution in [3.63, 3.8) is 0 Å². The summed E-state index contributed by atoms with van der Waals surface area (Å²) in [6.07, 6.45) is 0.256. The number of hydrogen-bond acceptors (Lipinski definition) is 5. The first-order valence-corrected chi connectivity index (χ1v) is 7.97. The standard InChI is InChI=1S/C18H19ClN2O4/c1-24-16-7-6-13(11-15(16)19)20-9-8-17(22)21-14-5-3-4-12(10-14)18(23)25-2/h3-7,10-11,20H,8-9H2,1-2H3,(H,21,22). The van der Waals surface area contributed by atoms with Gasteiger partial charge in [-0.2, -0.15) is 0 Å². The minimum absolute atomic E-state index is 0.172. The zero-order valence-corrected chi connectivity index (χ0v) is 14.7. The zero-order chi connectivity index (χ0) is 18.2. The number of hydrogen-bond donors (Lipinski definition) is 2. The summed E-state index contributed by atoms with van der Waals surface area (Å²) in [6, 6.07) is 11.9. The third-order valence-electron chi connectivity index (χ3n) is 3.40. The van der Waals surface area contributed by atoms with Crippen molar-refractivity contribution in [2.75, 3.05) is 31.4 Å². The van der Waals surface area contributed by atoms with Gasteiger partial charge < -0.3 is 20.1 Å². The minimum Gasteiger partial charge on any atom is -0.495 e. The van der Waals surface area contributed by atoms with Crippen molar-refractivity contribution in [2.24, 2.45) is 0 Å². The summed E-state index contributed by atoms with van der Waals surface area (Å²) in [6.45, 7) is 0.436. The van der Waals surface area contributed by atoms with E-state index in [1.807, 2.05) is 6.07 Å². The molecule has 0 aliphatic rings. The number of anilines is 2. The van der Waals surface area contributed by atoms with E-state index in [1.54, 1.807) is 43.5 Å². The van der Waals surface area contributed by atoms with Gasteiger partial charge in [0.05, 0.1) is 24.8 Å². The van der Waals surface area contributed by atoms with Gasteiger partial charge >= 0.3 is 5.97 Å². The van der Waals surface area contributed by atoms with Gasteiger partial charge in [-0.25, -0.2) is 4.79 Å². The van der Waals surface area contributed by atoms with Crippen LogP contribution in [-0.2, 0) is 9.53 Å². The van der Waals surface area contributed by atoms with Gasteiger partial charge in [-0.15, -0.1) is 0 Å². The lowest BCUT2D eigenvalue weighted by Crippen LogP contribution is -2.16. The molecule has 0 aliphatic heterocycles. The molecule has 6 nitrogen and oxygen atoms in total. The highest BCUT2D eigenvalue weighted by molar-refractivity contribution is 6.32. The van der Waals surface area contributed by atoms with E-state index in [0.717, 1.165) is 5.69 Å². The fourth-order valence-corrected chi connectivity index (χ4v) is 2.42. The number of rotatable bonds is 7. The maximum atomic E-state index is 12.0. The van der Waals surface area contributed by atoms with Crippen molar-refractivity contribution in [3.05, 3.63) is 53.1 Å². The Morgan fingerprint density at radius 3 is 2.56 bits per heavy atom. The predicted molar refractivity (Wildman–Crippen MR) is 97.5 cm³/mol. The Kier molecular flexibility index (Phi) is 6.65. The molecule has 0 unspecified atom stereocenters. The van der Waals surface area contributed by atoms with E-state index in [2.05, 4.69) is 15.4 Å². The van der Waals surface area contributed by atoms with Crippen molar-refractivity contribution in [3.8, 4) is 5.75 Å². The molecule has 0 saturated carbocycles. The molecule has 0 fully saturated rings. The van der Waals surface area contributed by atoms with Crippen molar-refractivity contribution >= 4 is 34.9 Å². The number of nitrogens with one attached hydrogen (secondary N) is 2. The summed E-state index contributed by atoms with van der Waals surface area (Å²) in [7, 11) is 2.86. The largest absolute Gasteiger partial charge is 0.495 e. The number of carbonyl (C=O) groups excluding carboxylic acids is 2. The van der Waals surface area contributed by atoms with Crippen LogP contribution in [0.4, 0.5) is 11.4 Å². The maximum absolute atomic E-state index is 12.0. The molecule has 0 bridgehead atoms. The zero-order valence-electron chi connectivity index (χ0n) is 14.0. The first-order valence-electron chi connectivity index (χ1n) is 7.59. The molecule has 7 heteroatoms. The molecule has 0 aliphatic carbocycles. The molecule has 0 aromatic heterocycles. The van der Waals surface area contributed by atoms with Crippen molar-refractivity contribution in [1.82, 2.24) is 0 Å². The Balaban J connectivity index is 1.85. The van der Waals surface area contributed by atoms with Gasteiger partial charge in [0, 0.05) is 24.3 Å². The van der Waals surface area contributed by atoms with Crippen LogP contribution in [0.1, 0.15) is 16.8 Å². The molecule has 1 amide bonds. The van der Waals surface area contributed by atoms with Crippen LogP contribution >= 0.6 is 11.6 Å². The molecule has 0 atom stereocenters. The third-order valence-corrected chi connectivity index (χ3v) is 3.70. The normalized spacial score (nSPS) is 10.0. The van der Waals surface area contributed by atoms with E-state index in [0.29, 0.717) is 28.6 Å². The summed E-state index contributed by atoms with van der Waals surface area (Å²) in [5.74, 6) is -0.0290. The van der Waals surface area contributed by atoms with Gasteiger partial charge in [0.25, 0.3) is 0 Å². The number of esters is 1. The highest BCUT2D eigenvalue weighted by atomic mass is 35.5. The molecule has 25 heavy (non-hydrogen) atoms. The second-order valence-corrected chi connectivity index (χ2v) is 5.55. The molecular formula is C18H19ClN2O4. The highest BCUT2D eigenvalue weighted by Gasteiger charge is 2.08. The number of amides is 1. The Hall–Kier alpha value is -2.73. The van der Waals surface area contributed by atoms with Gasteiger partial charge in [-0.3, -0.25) is 4.79 Å². The number of carbonyl (C=O) groups is 2. The fourth-order valence-electron chi connectivity index (χ4n) is 2.16. The van der Waals surface area contributed by atoms with E-state index in [-0.39, 0.29) is 12.3 Å². The summed E-state index contributed by atoms with van der Waals surface area (Å²) >= 11 is 6.05. The van der Waals surface area contributed by atoms with Gasteiger partial charge in [-0.1, -0.05) is 17.7 Å². The van der Waals surface area contributed by atoms with Crippen LogP contribution in [-0.4, -0.2) is 32.6 Å². The van der Waals surface area contributed by atoms with Gasteiger partial charge in [0.1, 0.15) is 5.75 Å². The first kappa shape index (κ1) is 18.6. The van der Waals surface area contributed by atoms with Crippen LogP contribution in [0.5, 0.6) is 5.75 Å². The van der Waals surface area contributed by atoms with Crippen molar-refractivity contribution in [2.45, 2.75) is 6.42 Å². The molecule has 2 N–H and O–H groups in total. The lowest BCUT2D eigenvalue weighted by molar-refractivity contribution is -0.115. The van der Waals surface area contributed by atoms with E-state index in [9.17, 15) is 9.59 Å². The SMILES string of the molecule is COC(=O)c1cccc(NC(=O)CCNc2ccc(OC)c(Cl)c2)c1. The second kappa shape index (κ2) is 8.94. The van der Waals surface area contributed by atoms with Crippen LogP contribution < -0.4 is 15.4 Å². The summed E-state index contributed by atoms with van der Waals surface area (Å²) in [5.41, 5.74) is 1.72. The van der Waals surface area contributed by atoms with Crippen molar-refractivity contribution < 1.29 is 19.1 Å². The molecule has 0 heterocycles. The van der Waals surface area contributed by atoms with Gasteiger partial charge in [0.15, 0.2) is 0 Å². The predicted octanol–water partition coefficient (Wildman–Crippen LogP) is 3.58. The van der Waals surface area contributed by atoms with Gasteiger partial charge in [0.2, 0.25) is 5.91 Å². The van der Waals surface area contributed by atoms with Gasteiger partial charge in [-0.05, 0) is 36.4 Å². The average molecular weight is 363 g/mol. The Morgan fingerprint density at radius 1 is 1.08 bits per heavy atom. The van der Waals surface area contributed by atoms with Crippen LogP contribution in [0, 0.1) is 0 Å². The molecule has 2 aromatic carbocycles. The fraction of sp³-hybridized carbons (Fsp3) is 0.222. The third kappa shape index (κ3) is 5.39. The number of benzene rings is 2. The Labute approximate surface area is 151 Å². The quantitative estimate of drug-likeness (QED) is 0.736. The lowest BCUT2D eigenvalue weighted by Gasteiger charge is -2.10. The number of halogens is 1. The summed E-state index contributed by atoms with van der Waals surface area (Å²) in [5, 5.41) is 6.36. The van der Waals surface area contributed by atoms with E-state index in [4.69, 9.17) is 16.3 Å². The Morgan fingerprint density at radius 2 is 1.88 bits per heavy atom. The number of ether oxygens (including phenoxy) is 2. The average Bonchev–Trinajstić information content (AvgIpc) is 2.61. The smallest absolute Gasteiger partial charge is 0.337 e. The molecule has 0 spiro atoms. The molecular weight excluding hydrogens is 344 g/mol. The van der Waals surface area contributed by atoms with E-state index < -0.39 is 5.97 Å². The molecule has 0 saturated heterocycles. The van der Waals surface area contributed by atoms with Crippen LogP contribution in [0.15, 0.2) is 42.5 Å². The molecule has 2 aromatic rings. The van der Waals surface area contributed by atoms with E-state index in [1.165, 1.54) is 7.11 Å². The van der Waals surface area contributed by atoms with Crippen LogP contribution in [0.2, 0.25) is 5.02 Å². The minimum atomic E-state index is -0.450. The summed E-state index contributed by atoms with van der Waals surface area (Å²) in [4.78, 5) is 23.5. The van der Waals surface area contributed by atoms with Crippen LogP contribution in [0.25, 0.3) is 0 Å². The monoisotopic (exact) mass is 362 g/mol. The van der Waals surface area contributed by atoms with E-state index >= 15 is 0 Å². The van der Waals surface area contributed by atoms with Crippen LogP contribution in [0.3, 0.4) is 0 Å². The summed E-state index contributed by atoms with van der Waals surface area (Å²) < 4.78 is 9.74. The highest BCUT2D eigenvalue weighted by Crippen LogP contribution is 2.27. The lowest BCUT2D eigenvalue weighted by atomic mass is 10.2. The topological polar surface area (TPSA) is 76.7 Å². The molecule has 132 valence electrons. The van der Waals surface area contributed by atoms with Crippen molar-refractivity contribution in [1.29, 1.82) is 0 Å². The second-order valence-electron chi connectivity index (χ2n) is 5.15. The maximum Gasteiger partial charge on any atom is 0.337 e. The first-order chi connectivity index (χ1) is 12.0. The molecule has 2 rings (SSSR count). The molecule has 0 radical (unpaired) electrons. The number of methoxy groups -OCH3 is 2.